The minimum atomic E-state index is -0.130. The van der Waals surface area contributed by atoms with Crippen LogP contribution in [0.2, 0.25) is 0 Å². The molecule has 0 N–H and O–H groups in total. The van der Waals surface area contributed by atoms with Crippen LogP contribution in [0.25, 0.3) is 0 Å². The zero-order valence-corrected chi connectivity index (χ0v) is 21.7. The standard InChI is InChI=1S/C29H41N3O4/c1-2-35-28(34)32-22-10-12-23(18-24(32)13-11-22)30-16-14-29(15-17-30)20-31(27(33)36-25-7-5-8-25)19-21-6-3-4-9-26(21)29/h3-4,6,9,22-25H,2,5,7-8,10-20H2,1H3. The lowest BCUT2D eigenvalue weighted by molar-refractivity contribution is 0.0101. The lowest BCUT2D eigenvalue weighted by atomic mass is 9.68. The van der Waals surface area contributed by atoms with Gasteiger partial charge in [-0.1, -0.05) is 24.3 Å². The van der Waals surface area contributed by atoms with Crippen molar-refractivity contribution in [3.05, 3.63) is 35.4 Å². The smallest absolute Gasteiger partial charge is 0.410 e. The molecule has 1 spiro atoms. The van der Waals surface area contributed by atoms with Crippen molar-refractivity contribution in [2.45, 2.75) is 107 Å². The number of hydrogen-bond acceptors (Lipinski definition) is 5. The summed E-state index contributed by atoms with van der Waals surface area (Å²) in [7, 11) is 0. The van der Waals surface area contributed by atoms with Crippen LogP contribution >= 0.6 is 0 Å². The highest BCUT2D eigenvalue weighted by Crippen LogP contribution is 2.44. The maximum Gasteiger partial charge on any atom is 0.410 e. The molecule has 4 aliphatic heterocycles. The summed E-state index contributed by atoms with van der Waals surface area (Å²) in [6, 6.07) is 9.91. The number of ether oxygens (including phenoxy) is 2. The van der Waals surface area contributed by atoms with Gasteiger partial charge < -0.3 is 24.2 Å². The first-order valence-corrected chi connectivity index (χ1v) is 14.3. The monoisotopic (exact) mass is 495 g/mol. The first-order chi connectivity index (χ1) is 17.6. The Morgan fingerprint density at radius 2 is 1.67 bits per heavy atom. The van der Waals surface area contributed by atoms with Crippen molar-refractivity contribution in [1.29, 1.82) is 0 Å². The fourth-order valence-electron chi connectivity index (χ4n) is 7.59. The number of carbonyl (C=O) groups excluding carboxylic acids is 2. The van der Waals surface area contributed by atoms with Gasteiger partial charge in [-0.2, -0.15) is 0 Å². The van der Waals surface area contributed by atoms with Crippen molar-refractivity contribution >= 4 is 12.2 Å². The van der Waals surface area contributed by atoms with Crippen LogP contribution < -0.4 is 0 Å². The molecule has 3 unspecified atom stereocenters. The quantitative estimate of drug-likeness (QED) is 0.586. The second-order valence-corrected chi connectivity index (χ2v) is 11.7. The summed E-state index contributed by atoms with van der Waals surface area (Å²) in [5, 5.41) is 0. The van der Waals surface area contributed by atoms with Crippen molar-refractivity contribution in [2.75, 3.05) is 26.2 Å². The van der Waals surface area contributed by atoms with Gasteiger partial charge in [-0.25, -0.2) is 9.59 Å². The summed E-state index contributed by atoms with van der Waals surface area (Å²) in [4.78, 5) is 32.4. The zero-order valence-electron chi connectivity index (χ0n) is 21.7. The first kappa shape index (κ1) is 24.1. The molecular formula is C29H41N3O4. The van der Waals surface area contributed by atoms with Gasteiger partial charge in [0.25, 0.3) is 0 Å². The molecule has 3 atom stereocenters. The Bertz CT molecular complexity index is 971. The Hall–Kier alpha value is -2.28. The van der Waals surface area contributed by atoms with E-state index in [9.17, 15) is 9.59 Å². The van der Waals surface area contributed by atoms with E-state index < -0.39 is 0 Å². The number of piperidine rings is 1. The van der Waals surface area contributed by atoms with Crippen molar-refractivity contribution < 1.29 is 19.1 Å². The van der Waals surface area contributed by atoms with Crippen LogP contribution in [0.15, 0.2) is 24.3 Å². The molecule has 0 aromatic heterocycles. The van der Waals surface area contributed by atoms with Crippen LogP contribution in [0.5, 0.6) is 0 Å². The highest BCUT2D eigenvalue weighted by atomic mass is 16.6. The van der Waals surface area contributed by atoms with Gasteiger partial charge in [-0.3, -0.25) is 0 Å². The summed E-state index contributed by atoms with van der Waals surface area (Å²) in [5.74, 6) is 0. The van der Waals surface area contributed by atoms with Crippen LogP contribution in [0, 0.1) is 0 Å². The van der Waals surface area contributed by atoms with Gasteiger partial charge in [-0.15, -0.1) is 0 Å². The molecule has 7 nitrogen and oxygen atoms in total. The average molecular weight is 496 g/mol. The van der Waals surface area contributed by atoms with Crippen LogP contribution in [0.4, 0.5) is 9.59 Å². The summed E-state index contributed by atoms with van der Waals surface area (Å²) < 4.78 is 11.2. The van der Waals surface area contributed by atoms with Crippen molar-refractivity contribution in [1.82, 2.24) is 14.7 Å². The fourth-order valence-corrected chi connectivity index (χ4v) is 7.59. The topological polar surface area (TPSA) is 62.3 Å². The van der Waals surface area contributed by atoms with E-state index >= 15 is 0 Å². The number of carbonyl (C=O) groups is 2. The molecule has 1 aliphatic carbocycles. The fraction of sp³-hybridized carbons (Fsp3) is 0.724. The average Bonchev–Trinajstić information content (AvgIpc) is 3.16. The zero-order chi connectivity index (χ0) is 24.7. The Morgan fingerprint density at radius 1 is 0.944 bits per heavy atom. The van der Waals surface area contributed by atoms with Gasteiger partial charge in [0.2, 0.25) is 0 Å². The van der Waals surface area contributed by atoms with Crippen molar-refractivity contribution in [3.8, 4) is 0 Å². The van der Waals surface area contributed by atoms with Gasteiger partial charge in [0.05, 0.1) is 6.61 Å². The number of hydrogen-bond donors (Lipinski definition) is 0. The molecule has 6 rings (SSSR count). The van der Waals surface area contributed by atoms with Gasteiger partial charge in [0, 0.05) is 36.6 Å². The van der Waals surface area contributed by atoms with Gasteiger partial charge in [0.1, 0.15) is 6.10 Å². The van der Waals surface area contributed by atoms with Crippen LogP contribution in [0.3, 0.4) is 0 Å². The van der Waals surface area contributed by atoms with E-state index in [0.717, 1.165) is 77.4 Å². The van der Waals surface area contributed by atoms with E-state index in [1.165, 1.54) is 17.5 Å². The maximum atomic E-state index is 13.0. The second-order valence-electron chi connectivity index (χ2n) is 11.7. The summed E-state index contributed by atoms with van der Waals surface area (Å²) in [6.07, 6.45) is 10.7. The second kappa shape index (κ2) is 9.88. The van der Waals surface area contributed by atoms with Gasteiger partial charge >= 0.3 is 12.2 Å². The highest BCUT2D eigenvalue weighted by Gasteiger charge is 2.47. The van der Waals surface area contributed by atoms with E-state index in [0.29, 0.717) is 31.3 Å². The maximum absolute atomic E-state index is 13.0. The molecule has 2 amide bonds. The summed E-state index contributed by atoms with van der Waals surface area (Å²) in [5.41, 5.74) is 2.72. The predicted octanol–water partition coefficient (Wildman–Crippen LogP) is 5.07. The molecule has 7 heteroatoms. The molecule has 5 aliphatic rings. The summed E-state index contributed by atoms with van der Waals surface area (Å²) >= 11 is 0. The number of fused-ring (bicyclic) bond motifs is 4. The molecule has 1 aromatic carbocycles. The summed E-state index contributed by atoms with van der Waals surface area (Å²) in [6.45, 7) is 5.83. The predicted molar refractivity (Wildman–Crippen MR) is 137 cm³/mol. The van der Waals surface area contributed by atoms with Crippen molar-refractivity contribution in [3.63, 3.8) is 0 Å². The third-order valence-electron chi connectivity index (χ3n) is 9.77. The van der Waals surface area contributed by atoms with E-state index in [4.69, 9.17) is 9.47 Å². The van der Waals surface area contributed by atoms with Crippen LogP contribution in [-0.4, -0.2) is 77.4 Å². The molecule has 196 valence electrons. The Kier molecular flexibility index (Phi) is 6.61. The van der Waals surface area contributed by atoms with E-state index in [2.05, 4.69) is 34.1 Å². The first-order valence-electron chi connectivity index (χ1n) is 14.3. The lowest BCUT2D eigenvalue weighted by Gasteiger charge is -2.50. The number of likely N-dealkylation sites (tertiary alicyclic amines) is 1. The van der Waals surface area contributed by atoms with Gasteiger partial charge in [0.15, 0.2) is 0 Å². The SMILES string of the molecule is CCOC(=O)N1C2CCC(N3CCC4(CC3)CN(C(=O)OC3CCC3)Cc3ccccc34)CC1CC2. The largest absolute Gasteiger partial charge is 0.450 e. The molecule has 3 saturated heterocycles. The lowest BCUT2D eigenvalue weighted by Crippen LogP contribution is -2.55. The molecule has 4 heterocycles. The molecule has 1 aromatic rings. The number of nitrogens with zero attached hydrogens (tertiary/aromatic N) is 3. The minimum absolute atomic E-state index is 0.00464. The molecule has 0 radical (unpaired) electrons. The highest BCUT2D eigenvalue weighted by molar-refractivity contribution is 5.69. The third-order valence-corrected chi connectivity index (χ3v) is 9.77. The molecule has 2 bridgehead atoms. The van der Waals surface area contributed by atoms with Gasteiger partial charge in [-0.05, 0) is 95.3 Å². The Labute approximate surface area is 215 Å². The Morgan fingerprint density at radius 3 is 2.39 bits per heavy atom. The van der Waals surface area contributed by atoms with Crippen LogP contribution in [-0.2, 0) is 21.4 Å². The third kappa shape index (κ3) is 4.37. The van der Waals surface area contributed by atoms with E-state index in [1.54, 1.807) is 0 Å². The van der Waals surface area contributed by atoms with E-state index in [-0.39, 0.29) is 23.7 Å². The Balaban J connectivity index is 1.14. The number of benzene rings is 1. The van der Waals surface area contributed by atoms with Crippen molar-refractivity contribution in [2.24, 2.45) is 0 Å². The van der Waals surface area contributed by atoms with E-state index in [1.807, 2.05) is 11.8 Å². The number of rotatable bonds is 3. The van der Waals surface area contributed by atoms with Crippen LogP contribution in [0.1, 0.15) is 82.3 Å². The molecule has 4 fully saturated rings. The number of amides is 2. The molecular weight excluding hydrogens is 454 g/mol. The molecule has 36 heavy (non-hydrogen) atoms. The minimum Gasteiger partial charge on any atom is -0.450 e. The normalized spacial score (nSPS) is 29.9. The molecule has 1 saturated carbocycles.